The van der Waals surface area contributed by atoms with Crippen molar-refractivity contribution in [2.24, 2.45) is 0 Å². The van der Waals surface area contributed by atoms with Gasteiger partial charge >= 0.3 is 5.69 Å². The molecule has 0 bridgehead atoms. The van der Waals surface area contributed by atoms with E-state index >= 15 is 0 Å². The Morgan fingerprint density at radius 2 is 1.90 bits per heavy atom. The summed E-state index contributed by atoms with van der Waals surface area (Å²) in [6.45, 7) is 7.77. The van der Waals surface area contributed by atoms with Crippen LogP contribution in [-0.2, 0) is 6.54 Å². The molecule has 2 aromatic rings. The van der Waals surface area contributed by atoms with Crippen LogP contribution in [-0.4, -0.2) is 66.0 Å². The van der Waals surface area contributed by atoms with E-state index in [-0.39, 0.29) is 11.4 Å². The van der Waals surface area contributed by atoms with Crippen LogP contribution in [0.2, 0.25) is 0 Å². The van der Waals surface area contributed by atoms with Crippen molar-refractivity contribution >= 4 is 11.5 Å². The van der Waals surface area contributed by atoms with Crippen LogP contribution in [0.3, 0.4) is 0 Å². The number of ether oxygens (including phenoxy) is 1. The van der Waals surface area contributed by atoms with Crippen molar-refractivity contribution in [3.8, 4) is 5.75 Å². The molecule has 2 heterocycles. The lowest BCUT2D eigenvalue weighted by atomic mass is 10.2. The summed E-state index contributed by atoms with van der Waals surface area (Å²) in [5, 5.41) is 9.21. The van der Waals surface area contributed by atoms with Crippen molar-refractivity contribution in [3.63, 3.8) is 0 Å². The number of unbranched alkanes of at least 4 members (excludes halogenated alkanes) is 1. The molecule has 1 aromatic heterocycles. The summed E-state index contributed by atoms with van der Waals surface area (Å²) in [6, 6.07) is 8.15. The molecule has 2 N–H and O–H groups in total. The highest BCUT2D eigenvalue weighted by molar-refractivity contribution is 5.58. The lowest BCUT2D eigenvalue weighted by Crippen LogP contribution is -2.46. The Labute approximate surface area is 170 Å². The fraction of sp³-hybridized carbons (Fsp3) is 0.550. The molecule has 0 saturated carbocycles. The first-order valence-electron chi connectivity index (χ1n) is 10.2. The molecule has 0 amide bonds. The van der Waals surface area contributed by atoms with Crippen LogP contribution in [0.25, 0.3) is 0 Å². The van der Waals surface area contributed by atoms with Crippen molar-refractivity contribution in [1.82, 2.24) is 19.7 Å². The van der Waals surface area contributed by atoms with Gasteiger partial charge in [0.15, 0.2) is 0 Å². The Morgan fingerprint density at radius 3 is 2.62 bits per heavy atom. The molecule has 0 aliphatic carbocycles. The number of hydrogen-bond acceptors (Lipinski definition) is 7. The highest BCUT2D eigenvalue weighted by atomic mass is 16.5. The Morgan fingerprint density at radius 1 is 1.14 bits per heavy atom. The molecule has 9 nitrogen and oxygen atoms in total. The van der Waals surface area contributed by atoms with E-state index in [0.29, 0.717) is 13.1 Å². The predicted octanol–water partition coefficient (Wildman–Crippen LogP) is 0.974. The molecular formula is C20H30N6O3. The number of para-hydroxylation sites is 2. The average molecular weight is 402 g/mol. The number of hydrogen-bond donors (Lipinski definition) is 2. The molecule has 9 heteroatoms. The van der Waals surface area contributed by atoms with Gasteiger partial charge in [-0.2, -0.15) is 0 Å². The minimum Gasteiger partial charge on any atom is -0.495 e. The number of anilines is 2. The molecule has 1 aliphatic rings. The van der Waals surface area contributed by atoms with Crippen LogP contribution in [0.4, 0.5) is 11.5 Å². The number of methoxy groups -OCH3 is 1. The summed E-state index contributed by atoms with van der Waals surface area (Å²) >= 11 is 0. The van der Waals surface area contributed by atoms with Crippen LogP contribution in [0.1, 0.15) is 19.8 Å². The van der Waals surface area contributed by atoms with Gasteiger partial charge in [-0.25, -0.2) is 9.89 Å². The summed E-state index contributed by atoms with van der Waals surface area (Å²) in [6.07, 6.45) is 1.96. The summed E-state index contributed by atoms with van der Waals surface area (Å²) < 4.78 is 6.61. The van der Waals surface area contributed by atoms with Gasteiger partial charge in [0.2, 0.25) is 5.82 Å². The van der Waals surface area contributed by atoms with Crippen molar-refractivity contribution < 1.29 is 4.74 Å². The number of H-pyrrole nitrogens is 1. The standard InChI is InChI=1S/C20H30N6O3/c1-3-26-19(27)18(22-23-20(26)28)21-10-6-7-11-24-12-14-25(15-13-24)16-8-4-5-9-17(16)29-2/h4-5,8-9H,3,6-7,10-15H2,1-2H3,(H,21,22)(H,23,28). The third kappa shape index (κ3) is 5.17. The maximum Gasteiger partial charge on any atom is 0.344 e. The summed E-state index contributed by atoms with van der Waals surface area (Å²) in [7, 11) is 1.71. The van der Waals surface area contributed by atoms with E-state index in [1.165, 1.54) is 0 Å². The molecule has 0 spiro atoms. The maximum absolute atomic E-state index is 12.1. The lowest BCUT2D eigenvalue weighted by Gasteiger charge is -2.36. The summed E-state index contributed by atoms with van der Waals surface area (Å²) in [4.78, 5) is 28.5. The zero-order valence-corrected chi connectivity index (χ0v) is 17.2. The van der Waals surface area contributed by atoms with E-state index in [0.717, 1.165) is 61.6 Å². The number of piperazine rings is 1. The molecule has 1 saturated heterocycles. The van der Waals surface area contributed by atoms with Gasteiger partial charge in [-0.3, -0.25) is 14.3 Å². The van der Waals surface area contributed by atoms with Gasteiger partial charge in [-0.15, -0.1) is 5.10 Å². The molecule has 158 valence electrons. The van der Waals surface area contributed by atoms with Crippen LogP contribution < -0.4 is 26.2 Å². The SMILES string of the molecule is CCn1c(=O)[nH]nc(NCCCCN2CCN(c3ccccc3OC)CC2)c1=O. The van der Waals surface area contributed by atoms with Crippen molar-refractivity contribution in [1.29, 1.82) is 0 Å². The number of nitrogens with zero attached hydrogens (tertiary/aromatic N) is 4. The molecule has 0 radical (unpaired) electrons. The minimum absolute atomic E-state index is 0.205. The second-order valence-corrected chi connectivity index (χ2v) is 7.06. The third-order valence-corrected chi connectivity index (χ3v) is 5.26. The van der Waals surface area contributed by atoms with E-state index in [4.69, 9.17) is 4.74 Å². The molecule has 1 aliphatic heterocycles. The quantitative estimate of drug-likeness (QED) is 0.604. The number of nitrogens with one attached hydrogen (secondary N) is 2. The van der Waals surface area contributed by atoms with Gasteiger partial charge in [0, 0.05) is 39.3 Å². The number of benzene rings is 1. The van der Waals surface area contributed by atoms with E-state index < -0.39 is 5.69 Å². The monoisotopic (exact) mass is 402 g/mol. The summed E-state index contributed by atoms with van der Waals surface area (Å²) in [5.74, 6) is 1.13. The zero-order valence-electron chi connectivity index (χ0n) is 17.2. The lowest BCUT2D eigenvalue weighted by molar-refractivity contribution is 0.253. The average Bonchev–Trinajstić information content (AvgIpc) is 2.75. The maximum atomic E-state index is 12.1. The van der Waals surface area contributed by atoms with Crippen LogP contribution in [0.15, 0.2) is 33.9 Å². The van der Waals surface area contributed by atoms with Gasteiger partial charge in [0.25, 0.3) is 5.56 Å². The normalized spacial score (nSPS) is 14.8. The second kappa shape index (κ2) is 10.1. The van der Waals surface area contributed by atoms with E-state index in [9.17, 15) is 9.59 Å². The van der Waals surface area contributed by atoms with Gasteiger partial charge in [-0.05, 0) is 38.4 Å². The molecule has 0 atom stereocenters. The first kappa shape index (κ1) is 20.9. The van der Waals surface area contributed by atoms with Gasteiger partial charge in [-0.1, -0.05) is 12.1 Å². The molecule has 0 unspecified atom stereocenters. The van der Waals surface area contributed by atoms with Crippen LogP contribution >= 0.6 is 0 Å². The minimum atomic E-state index is -0.477. The molecular weight excluding hydrogens is 372 g/mol. The highest BCUT2D eigenvalue weighted by Crippen LogP contribution is 2.28. The smallest absolute Gasteiger partial charge is 0.344 e. The topological polar surface area (TPSA) is 95.5 Å². The second-order valence-electron chi connectivity index (χ2n) is 7.06. The Hall–Kier alpha value is -2.81. The number of rotatable bonds is 9. The third-order valence-electron chi connectivity index (χ3n) is 5.26. The molecule has 3 rings (SSSR count). The highest BCUT2D eigenvalue weighted by Gasteiger charge is 2.19. The Balaban J connectivity index is 1.38. The van der Waals surface area contributed by atoms with Gasteiger partial charge < -0.3 is 15.0 Å². The van der Waals surface area contributed by atoms with Crippen molar-refractivity contribution in [2.75, 3.05) is 56.6 Å². The first-order chi connectivity index (χ1) is 14.1. The van der Waals surface area contributed by atoms with E-state index in [2.05, 4.69) is 31.4 Å². The Bertz CT molecular complexity index is 902. The predicted molar refractivity (Wildman–Crippen MR) is 114 cm³/mol. The zero-order chi connectivity index (χ0) is 20.6. The van der Waals surface area contributed by atoms with Gasteiger partial charge in [0.1, 0.15) is 5.75 Å². The van der Waals surface area contributed by atoms with Crippen molar-refractivity contribution in [2.45, 2.75) is 26.3 Å². The van der Waals surface area contributed by atoms with E-state index in [1.54, 1.807) is 14.0 Å². The van der Waals surface area contributed by atoms with Gasteiger partial charge in [0.05, 0.1) is 12.8 Å². The Kier molecular flexibility index (Phi) is 7.29. The number of aromatic amines is 1. The first-order valence-corrected chi connectivity index (χ1v) is 10.2. The molecule has 1 aromatic carbocycles. The van der Waals surface area contributed by atoms with E-state index in [1.807, 2.05) is 18.2 Å². The summed E-state index contributed by atoms with van der Waals surface area (Å²) in [5.41, 5.74) is 0.309. The molecule has 29 heavy (non-hydrogen) atoms. The fourth-order valence-corrected chi connectivity index (χ4v) is 3.60. The van der Waals surface area contributed by atoms with Crippen LogP contribution in [0, 0.1) is 0 Å². The largest absolute Gasteiger partial charge is 0.495 e. The van der Waals surface area contributed by atoms with Crippen molar-refractivity contribution in [3.05, 3.63) is 45.1 Å². The molecule has 1 fully saturated rings. The number of aromatic nitrogens is 3. The fourth-order valence-electron chi connectivity index (χ4n) is 3.60. The van der Waals surface area contributed by atoms with Crippen LogP contribution in [0.5, 0.6) is 5.75 Å².